The summed E-state index contributed by atoms with van der Waals surface area (Å²) in [5.74, 6) is 0.432. The molecule has 10 nitrogen and oxygen atoms in total. The maximum Gasteiger partial charge on any atom is 0.319 e. The van der Waals surface area contributed by atoms with E-state index < -0.39 is 5.82 Å². The number of nitrogens with one attached hydrogen (secondary N) is 1. The van der Waals surface area contributed by atoms with E-state index in [1.165, 1.54) is 7.11 Å². The summed E-state index contributed by atoms with van der Waals surface area (Å²) < 4.78 is 31.2. The van der Waals surface area contributed by atoms with E-state index in [9.17, 15) is 10.1 Å². The van der Waals surface area contributed by atoms with E-state index in [4.69, 9.17) is 37.7 Å². The van der Waals surface area contributed by atoms with Crippen LogP contribution in [0.25, 0.3) is 32.9 Å². The highest BCUT2D eigenvalue weighted by atomic mass is 35.5. The van der Waals surface area contributed by atoms with Gasteiger partial charge in [-0.1, -0.05) is 35.3 Å². The van der Waals surface area contributed by atoms with Crippen molar-refractivity contribution in [1.29, 1.82) is 5.26 Å². The molecule has 5 aromatic rings. The van der Waals surface area contributed by atoms with E-state index in [0.717, 1.165) is 42.4 Å². The van der Waals surface area contributed by atoms with Crippen LogP contribution in [-0.2, 0) is 11.2 Å². The zero-order chi connectivity index (χ0) is 35.8. The maximum absolute atomic E-state index is 17.2. The van der Waals surface area contributed by atoms with Crippen LogP contribution in [0.4, 0.5) is 4.39 Å². The Morgan fingerprint density at radius 1 is 1.15 bits per heavy atom. The van der Waals surface area contributed by atoms with Crippen LogP contribution in [0, 0.1) is 35.9 Å². The van der Waals surface area contributed by atoms with Crippen molar-refractivity contribution in [2.75, 3.05) is 20.2 Å². The van der Waals surface area contributed by atoms with E-state index in [-0.39, 0.29) is 59.0 Å². The average Bonchev–Trinajstić information content (AvgIpc) is 3.43. The van der Waals surface area contributed by atoms with Gasteiger partial charge in [0, 0.05) is 76.9 Å². The first-order valence-corrected chi connectivity index (χ1v) is 18.6. The molecule has 1 N–H and O–H groups in total. The largest absolute Gasteiger partial charge is 0.472 e. The lowest BCUT2D eigenvalue weighted by Gasteiger charge is -2.39. The van der Waals surface area contributed by atoms with Crippen LogP contribution in [0.3, 0.4) is 0 Å². The van der Waals surface area contributed by atoms with Gasteiger partial charge in [0.05, 0.1) is 47.4 Å². The predicted octanol–water partition coefficient (Wildman–Crippen LogP) is 7.53. The van der Waals surface area contributed by atoms with Crippen molar-refractivity contribution in [2.45, 2.75) is 69.7 Å². The molecular formula is C39H36Cl2FN7O3. The lowest BCUT2D eigenvalue weighted by Crippen LogP contribution is -2.41. The van der Waals surface area contributed by atoms with E-state index in [0.29, 0.717) is 64.0 Å². The number of nitriles is 1. The molecular weight excluding hydrogens is 704 g/mol. The number of fused-ring (bicyclic) bond motifs is 4. The van der Waals surface area contributed by atoms with Gasteiger partial charge < -0.3 is 24.3 Å². The van der Waals surface area contributed by atoms with Gasteiger partial charge in [-0.2, -0.15) is 10.2 Å². The molecule has 6 heterocycles. The summed E-state index contributed by atoms with van der Waals surface area (Å²) in [5.41, 5.74) is 4.25. The maximum atomic E-state index is 17.2. The number of aromatic nitrogens is 4. The van der Waals surface area contributed by atoms with Gasteiger partial charge in [-0.3, -0.25) is 4.79 Å². The smallest absolute Gasteiger partial charge is 0.319 e. The molecule has 0 spiro atoms. The van der Waals surface area contributed by atoms with Crippen molar-refractivity contribution in [3.8, 4) is 29.1 Å². The van der Waals surface area contributed by atoms with Crippen LogP contribution in [0.1, 0.15) is 61.1 Å². The SMILES string of the molecule is COc1nccc(OC2CC(c3cc4c(C)nc5c(F)c(-c6cccc(Cl)c6Cl)c(CCC#N)cc5c4n3C3C4CNC3C4)N(C(=O)C3CC3)C2)n1. The molecule has 5 aliphatic rings. The first-order chi connectivity index (χ1) is 25.2. The Balaban J connectivity index is 1.25. The fourth-order valence-corrected chi connectivity index (χ4v) is 9.13. The Kier molecular flexibility index (Phi) is 8.25. The van der Waals surface area contributed by atoms with Crippen molar-refractivity contribution >= 4 is 50.9 Å². The number of carbonyl (C=O) groups is 1. The molecule has 3 saturated heterocycles. The number of nitrogens with zero attached hydrogens (tertiary/aromatic N) is 6. The Bertz CT molecular complexity index is 2310. The Labute approximate surface area is 309 Å². The van der Waals surface area contributed by atoms with Crippen molar-refractivity contribution in [2.24, 2.45) is 11.8 Å². The number of hydrogen-bond donors (Lipinski definition) is 1. The normalized spacial score (nSPS) is 23.6. The van der Waals surface area contributed by atoms with Crippen molar-refractivity contribution in [1.82, 2.24) is 29.7 Å². The molecule has 1 amide bonds. The van der Waals surface area contributed by atoms with Crippen molar-refractivity contribution in [3.63, 3.8) is 0 Å². The fraction of sp³-hybridized carbons (Fsp3) is 0.410. The van der Waals surface area contributed by atoms with Gasteiger partial charge in [0.15, 0.2) is 5.82 Å². The minimum absolute atomic E-state index is 0.0116. The number of aryl methyl sites for hydroxylation is 2. The lowest BCUT2D eigenvalue weighted by molar-refractivity contribution is -0.133. The summed E-state index contributed by atoms with van der Waals surface area (Å²) >= 11 is 13.1. The zero-order valence-electron chi connectivity index (χ0n) is 28.7. The number of benzene rings is 2. The number of pyridine rings is 1. The van der Waals surface area contributed by atoms with Crippen LogP contribution in [0.5, 0.6) is 11.9 Å². The Hall–Kier alpha value is -4.50. The minimum Gasteiger partial charge on any atom is -0.472 e. The molecule has 0 radical (unpaired) electrons. The number of methoxy groups -OCH3 is 1. The molecule has 52 heavy (non-hydrogen) atoms. The van der Waals surface area contributed by atoms with Crippen LogP contribution < -0.4 is 14.8 Å². The van der Waals surface area contributed by atoms with Gasteiger partial charge in [-0.25, -0.2) is 14.4 Å². The minimum atomic E-state index is -0.497. The molecule has 5 unspecified atom stereocenters. The van der Waals surface area contributed by atoms with Crippen LogP contribution >= 0.6 is 23.2 Å². The molecule has 5 fully saturated rings. The topological polar surface area (TPSA) is 118 Å². The second-order valence-corrected chi connectivity index (χ2v) is 15.2. The second-order valence-electron chi connectivity index (χ2n) is 14.4. The number of rotatable bonds is 9. The molecule has 2 aliphatic carbocycles. The second kappa shape index (κ2) is 12.9. The summed E-state index contributed by atoms with van der Waals surface area (Å²) in [6.45, 7) is 3.22. The zero-order valence-corrected chi connectivity index (χ0v) is 30.2. The van der Waals surface area contributed by atoms with Gasteiger partial charge in [-0.15, -0.1) is 0 Å². The molecule has 13 heteroatoms. The molecule has 266 valence electrons. The summed E-state index contributed by atoms with van der Waals surface area (Å²) in [4.78, 5) is 29.4. The first-order valence-electron chi connectivity index (χ1n) is 17.8. The lowest BCUT2D eigenvalue weighted by atomic mass is 9.79. The van der Waals surface area contributed by atoms with Crippen molar-refractivity contribution < 1.29 is 18.7 Å². The quantitative estimate of drug-likeness (QED) is 0.165. The molecule has 2 saturated carbocycles. The summed E-state index contributed by atoms with van der Waals surface area (Å²) in [6.07, 6.45) is 5.17. The molecule has 3 aliphatic heterocycles. The summed E-state index contributed by atoms with van der Waals surface area (Å²) in [6, 6.07) is 13.5. The first kappa shape index (κ1) is 33.3. The number of carbonyl (C=O) groups excluding carboxylic acids is 1. The molecule has 5 atom stereocenters. The molecule has 10 rings (SSSR count). The number of halogens is 3. The number of amides is 1. The predicted molar refractivity (Wildman–Crippen MR) is 195 cm³/mol. The number of ether oxygens (including phenoxy) is 2. The third-order valence-electron chi connectivity index (χ3n) is 11.3. The Morgan fingerprint density at radius 3 is 2.73 bits per heavy atom. The number of likely N-dealkylation sites (tertiary alicyclic amines) is 1. The van der Waals surface area contributed by atoms with Crippen molar-refractivity contribution in [3.05, 3.63) is 75.4 Å². The third-order valence-corrected chi connectivity index (χ3v) is 12.1. The van der Waals surface area contributed by atoms with E-state index in [2.05, 4.69) is 32.0 Å². The average molecular weight is 741 g/mol. The van der Waals surface area contributed by atoms with E-state index in [1.807, 2.05) is 17.9 Å². The van der Waals surface area contributed by atoms with Crippen LogP contribution in [0.15, 0.2) is 42.6 Å². The van der Waals surface area contributed by atoms with Gasteiger partial charge in [-0.05, 0) is 62.3 Å². The van der Waals surface area contributed by atoms with Gasteiger partial charge in [0.25, 0.3) is 0 Å². The fourth-order valence-electron chi connectivity index (χ4n) is 8.73. The molecule has 2 bridgehead atoms. The molecule has 2 aromatic carbocycles. The van der Waals surface area contributed by atoms with Gasteiger partial charge >= 0.3 is 6.01 Å². The van der Waals surface area contributed by atoms with E-state index >= 15 is 4.39 Å². The van der Waals surface area contributed by atoms with Gasteiger partial charge in [0.1, 0.15) is 11.6 Å². The highest BCUT2D eigenvalue weighted by Crippen LogP contribution is 2.51. The summed E-state index contributed by atoms with van der Waals surface area (Å²) in [7, 11) is 1.51. The molecule has 3 aromatic heterocycles. The van der Waals surface area contributed by atoms with Gasteiger partial charge in [0.2, 0.25) is 11.8 Å². The van der Waals surface area contributed by atoms with Crippen LogP contribution in [-0.4, -0.2) is 62.7 Å². The highest BCUT2D eigenvalue weighted by Gasteiger charge is 2.51. The Morgan fingerprint density at radius 2 is 2.00 bits per heavy atom. The van der Waals surface area contributed by atoms with Crippen LogP contribution in [0.2, 0.25) is 10.0 Å². The van der Waals surface area contributed by atoms with E-state index in [1.54, 1.807) is 30.5 Å². The third kappa shape index (κ3) is 5.37. The number of hydrogen-bond acceptors (Lipinski definition) is 8. The monoisotopic (exact) mass is 739 g/mol. The highest BCUT2D eigenvalue weighted by molar-refractivity contribution is 6.43. The summed E-state index contributed by atoms with van der Waals surface area (Å²) in [5, 5.41) is 15.4. The standard InChI is InChI=1S/C39H36Cl2FN7O3/c1-19-25-16-30(29-15-23(18-48(29)38(50)20-8-9-20)52-31-10-12-44-39(47-31)51-2)49(36-22-14-28(36)45-17-22)37(25)26-13-21(5-4-11-43)32(34(42)35(26)46-19)24-6-3-7-27(40)33(24)41/h3,6-7,10,12-13,16,20,22-23,28-29,36,45H,4-5,8-9,14-15,17-18H2,1-2H3.